The number of urea groups is 1. The molecule has 0 heterocycles. The normalized spacial score (nSPS) is 10.4. The quantitative estimate of drug-likeness (QED) is 0.837. The summed E-state index contributed by atoms with van der Waals surface area (Å²) in [6, 6.07) is 0.727. The van der Waals surface area contributed by atoms with E-state index in [2.05, 4.69) is 5.32 Å². The Kier molecular flexibility index (Phi) is 8.21. The molecule has 0 saturated carbocycles. The Labute approximate surface area is 98.0 Å². The van der Waals surface area contributed by atoms with Gasteiger partial charge >= 0.3 is 6.03 Å². The summed E-state index contributed by atoms with van der Waals surface area (Å²) < 4.78 is 0. The number of carbonyl (C=O) groups is 1. The molecule has 0 rings (SSSR count). The van der Waals surface area contributed by atoms with E-state index in [1.54, 1.807) is 0 Å². The molecular formula is C10H23BrN2O. The Balaban J connectivity index is 0. The number of amides is 2. The van der Waals surface area contributed by atoms with Crippen molar-refractivity contribution in [2.75, 3.05) is 0 Å². The number of nitrogens with one attached hydrogen (secondary N) is 1. The summed E-state index contributed by atoms with van der Waals surface area (Å²) >= 11 is 0. The van der Waals surface area contributed by atoms with Crippen molar-refractivity contribution in [2.24, 2.45) is 0 Å². The second kappa shape index (κ2) is 7.10. The summed E-state index contributed by atoms with van der Waals surface area (Å²) in [5.41, 5.74) is 0. The SMILES string of the molecule is Br.CC(C)NC(=O)N(C(C)C)C(C)C. The lowest BCUT2D eigenvalue weighted by molar-refractivity contribution is 0.163. The molecule has 0 bridgehead atoms. The molecule has 0 aliphatic rings. The van der Waals surface area contributed by atoms with E-state index in [-0.39, 0.29) is 41.1 Å². The van der Waals surface area contributed by atoms with Crippen molar-refractivity contribution < 1.29 is 4.79 Å². The third kappa shape index (κ3) is 5.47. The Hall–Kier alpha value is -0.250. The molecule has 4 heteroatoms. The van der Waals surface area contributed by atoms with Crippen molar-refractivity contribution in [3.63, 3.8) is 0 Å². The van der Waals surface area contributed by atoms with E-state index in [0.717, 1.165) is 0 Å². The van der Waals surface area contributed by atoms with Gasteiger partial charge < -0.3 is 10.2 Å². The lowest BCUT2D eigenvalue weighted by atomic mass is 10.2. The molecule has 0 aromatic carbocycles. The van der Waals surface area contributed by atoms with Crippen LogP contribution in [0.25, 0.3) is 0 Å². The van der Waals surface area contributed by atoms with Crippen LogP contribution < -0.4 is 5.32 Å². The summed E-state index contributed by atoms with van der Waals surface area (Å²) in [5.74, 6) is 0. The highest BCUT2D eigenvalue weighted by atomic mass is 79.9. The van der Waals surface area contributed by atoms with Crippen molar-refractivity contribution in [3.8, 4) is 0 Å². The molecule has 2 amide bonds. The highest BCUT2D eigenvalue weighted by Gasteiger charge is 2.19. The zero-order chi connectivity index (χ0) is 10.6. The molecule has 0 spiro atoms. The van der Waals surface area contributed by atoms with Gasteiger partial charge in [-0.25, -0.2) is 4.79 Å². The summed E-state index contributed by atoms with van der Waals surface area (Å²) in [5, 5.41) is 2.89. The van der Waals surface area contributed by atoms with Crippen molar-refractivity contribution in [1.82, 2.24) is 10.2 Å². The van der Waals surface area contributed by atoms with Gasteiger partial charge in [0.05, 0.1) is 0 Å². The Morgan fingerprint density at radius 3 is 1.57 bits per heavy atom. The first-order chi connectivity index (χ1) is 5.86. The van der Waals surface area contributed by atoms with Crippen molar-refractivity contribution in [2.45, 2.75) is 59.7 Å². The van der Waals surface area contributed by atoms with Crippen LogP contribution in [-0.4, -0.2) is 29.1 Å². The minimum Gasteiger partial charge on any atom is -0.336 e. The van der Waals surface area contributed by atoms with Crippen molar-refractivity contribution >= 4 is 23.0 Å². The van der Waals surface area contributed by atoms with E-state index < -0.39 is 0 Å². The van der Waals surface area contributed by atoms with Gasteiger partial charge in [-0.1, -0.05) is 0 Å². The first-order valence-corrected chi connectivity index (χ1v) is 4.95. The molecule has 0 unspecified atom stereocenters. The van der Waals surface area contributed by atoms with E-state index >= 15 is 0 Å². The largest absolute Gasteiger partial charge is 0.336 e. The van der Waals surface area contributed by atoms with Gasteiger partial charge in [0.2, 0.25) is 0 Å². The maximum absolute atomic E-state index is 11.7. The predicted octanol–water partition coefficient (Wildman–Crippen LogP) is 2.80. The maximum atomic E-state index is 11.7. The molecule has 14 heavy (non-hydrogen) atoms. The smallest absolute Gasteiger partial charge is 0.318 e. The zero-order valence-electron chi connectivity index (χ0n) is 10.00. The van der Waals surface area contributed by atoms with E-state index in [0.29, 0.717) is 0 Å². The van der Waals surface area contributed by atoms with E-state index in [4.69, 9.17) is 0 Å². The van der Waals surface area contributed by atoms with Crippen molar-refractivity contribution in [3.05, 3.63) is 0 Å². The molecule has 0 aromatic heterocycles. The topological polar surface area (TPSA) is 32.3 Å². The molecule has 0 atom stereocenters. The molecule has 86 valence electrons. The lowest BCUT2D eigenvalue weighted by Crippen LogP contribution is -2.49. The number of carbonyl (C=O) groups excluding carboxylic acids is 1. The highest BCUT2D eigenvalue weighted by molar-refractivity contribution is 8.93. The summed E-state index contributed by atoms with van der Waals surface area (Å²) in [6.45, 7) is 12.0. The van der Waals surface area contributed by atoms with E-state index in [9.17, 15) is 4.79 Å². The van der Waals surface area contributed by atoms with Gasteiger partial charge in [0.15, 0.2) is 0 Å². The van der Waals surface area contributed by atoms with Crippen LogP contribution in [0, 0.1) is 0 Å². The Morgan fingerprint density at radius 2 is 1.36 bits per heavy atom. The van der Waals surface area contributed by atoms with Crippen LogP contribution in [0.15, 0.2) is 0 Å². The fourth-order valence-electron chi connectivity index (χ4n) is 1.39. The maximum Gasteiger partial charge on any atom is 0.318 e. The fraction of sp³-hybridized carbons (Fsp3) is 0.900. The summed E-state index contributed by atoms with van der Waals surface area (Å²) in [4.78, 5) is 13.5. The molecule has 3 nitrogen and oxygen atoms in total. The summed E-state index contributed by atoms with van der Waals surface area (Å²) in [7, 11) is 0. The van der Waals surface area contributed by atoms with Crippen LogP contribution >= 0.6 is 17.0 Å². The monoisotopic (exact) mass is 266 g/mol. The Morgan fingerprint density at radius 1 is 1.00 bits per heavy atom. The van der Waals surface area contributed by atoms with Gasteiger partial charge in [0.25, 0.3) is 0 Å². The van der Waals surface area contributed by atoms with Gasteiger partial charge in [-0.3, -0.25) is 0 Å². The molecule has 0 fully saturated rings. The number of nitrogens with zero attached hydrogens (tertiary/aromatic N) is 1. The molecule has 0 radical (unpaired) electrons. The Bertz CT molecular complexity index is 162. The fourth-order valence-corrected chi connectivity index (χ4v) is 1.39. The van der Waals surface area contributed by atoms with Crippen LogP contribution in [0.5, 0.6) is 0 Å². The molecule has 0 aliphatic heterocycles. The van der Waals surface area contributed by atoms with Crippen LogP contribution in [-0.2, 0) is 0 Å². The number of hydrogen-bond acceptors (Lipinski definition) is 1. The third-order valence-corrected chi connectivity index (χ3v) is 1.76. The van der Waals surface area contributed by atoms with Gasteiger partial charge in [-0.15, -0.1) is 17.0 Å². The number of rotatable bonds is 3. The van der Waals surface area contributed by atoms with Gasteiger partial charge in [-0.2, -0.15) is 0 Å². The van der Waals surface area contributed by atoms with E-state index in [1.165, 1.54) is 0 Å². The highest BCUT2D eigenvalue weighted by Crippen LogP contribution is 2.05. The number of halogens is 1. The third-order valence-electron chi connectivity index (χ3n) is 1.76. The van der Waals surface area contributed by atoms with Crippen LogP contribution in [0.1, 0.15) is 41.5 Å². The summed E-state index contributed by atoms with van der Waals surface area (Å²) in [6.07, 6.45) is 0. The minimum atomic E-state index is 0. The molecular weight excluding hydrogens is 244 g/mol. The standard InChI is InChI=1S/C10H22N2O.BrH/c1-7(2)11-10(13)12(8(3)4)9(5)6;/h7-9H,1-6H3,(H,11,13);1H. The van der Waals surface area contributed by atoms with Gasteiger partial charge in [0.1, 0.15) is 0 Å². The first-order valence-electron chi connectivity index (χ1n) is 4.95. The minimum absolute atomic E-state index is 0. The molecule has 1 N–H and O–H groups in total. The van der Waals surface area contributed by atoms with Crippen molar-refractivity contribution in [1.29, 1.82) is 0 Å². The second-order valence-electron chi connectivity index (χ2n) is 4.20. The van der Waals surface area contributed by atoms with Crippen LogP contribution in [0.4, 0.5) is 4.79 Å². The van der Waals surface area contributed by atoms with Gasteiger partial charge in [-0.05, 0) is 41.5 Å². The van der Waals surface area contributed by atoms with Crippen LogP contribution in [0.3, 0.4) is 0 Å². The first kappa shape index (κ1) is 16.2. The molecule has 0 aliphatic carbocycles. The molecule has 0 saturated heterocycles. The average Bonchev–Trinajstić information content (AvgIpc) is 1.81. The second-order valence-corrected chi connectivity index (χ2v) is 4.20. The van der Waals surface area contributed by atoms with Gasteiger partial charge in [0, 0.05) is 18.1 Å². The lowest BCUT2D eigenvalue weighted by Gasteiger charge is -2.31. The van der Waals surface area contributed by atoms with E-state index in [1.807, 2.05) is 46.4 Å². The molecule has 0 aromatic rings. The number of hydrogen-bond donors (Lipinski definition) is 1. The predicted molar refractivity (Wildman–Crippen MR) is 66.1 cm³/mol. The zero-order valence-corrected chi connectivity index (χ0v) is 11.7. The van der Waals surface area contributed by atoms with Crippen LogP contribution in [0.2, 0.25) is 0 Å². The average molecular weight is 267 g/mol.